The Labute approximate surface area is 130 Å². The highest BCUT2D eigenvalue weighted by molar-refractivity contribution is 7.12. The molecule has 0 spiro atoms. The predicted octanol–water partition coefficient (Wildman–Crippen LogP) is 2.82. The summed E-state index contributed by atoms with van der Waals surface area (Å²) in [6, 6.07) is 1.90. The van der Waals surface area contributed by atoms with E-state index < -0.39 is 0 Å². The highest BCUT2D eigenvalue weighted by atomic mass is 35.5. The van der Waals surface area contributed by atoms with Crippen LogP contribution in [0, 0.1) is 5.92 Å². The van der Waals surface area contributed by atoms with Gasteiger partial charge in [0.15, 0.2) is 0 Å². The molecular formula is C14H23ClN2O2S. The van der Waals surface area contributed by atoms with E-state index in [0.717, 1.165) is 0 Å². The fourth-order valence-corrected chi connectivity index (χ4v) is 3.52. The Balaban J connectivity index is 0.00000200. The summed E-state index contributed by atoms with van der Waals surface area (Å²) in [5.74, 6) is 1.10. The number of hydrogen-bond donors (Lipinski definition) is 2. The summed E-state index contributed by atoms with van der Waals surface area (Å²) in [5.41, 5.74) is 5.83. The minimum absolute atomic E-state index is 0. The zero-order valence-corrected chi connectivity index (χ0v) is 13.4. The summed E-state index contributed by atoms with van der Waals surface area (Å²) >= 11 is 1.40. The van der Waals surface area contributed by atoms with Gasteiger partial charge in [0.05, 0.1) is 7.11 Å². The minimum atomic E-state index is -0.0622. The molecule has 1 saturated carbocycles. The third-order valence-corrected chi connectivity index (χ3v) is 4.74. The molecule has 6 heteroatoms. The van der Waals surface area contributed by atoms with Crippen LogP contribution in [0.15, 0.2) is 11.4 Å². The molecule has 1 unspecified atom stereocenters. The molecule has 1 amide bonds. The molecule has 1 atom stereocenters. The standard InChI is InChI=1S/C14H22N2O2S.ClH/c1-18-12-7-8-19-13(12)14(17)16-11(9-15)10-5-3-2-4-6-10;/h7-8,10-11H,2-6,9,15H2,1H3,(H,16,17);1H. The Morgan fingerprint density at radius 2 is 2.20 bits per heavy atom. The number of carbonyl (C=O) groups is 1. The second-order valence-corrected chi connectivity index (χ2v) is 5.95. The monoisotopic (exact) mass is 318 g/mol. The minimum Gasteiger partial charge on any atom is -0.495 e. The van der Waals surface area contributed by atoms with Crippen molar-refractivity contribution in [1.82, 2.24) is 5.32 Å². The molecule has 1 aromatic rings. The molecule has 1 aliphatic rings. The van der Waals surface area contributed by atoms with E-state index in [1.54, 1.807) is 7.11 Å². The van der Waals surface area contributed by atoms with Gasteiger partial charge in [0.25, 0.3) is 5.91 Å². The molecule has 3 N–H and O–H groups in total. The average molecular weight is 319 g/mol. The molecule has 1 fully saturated rings. The number of thiophene rings is 1. The third-order valence-electron chi connectivity index (χ3n) is 3.84. The predicted molar refractivity (Wildman–Crippen MR) is 85.0 cm³/mol. The lowest BCUT2D eigenvalue weighted by molar-refractivity contribution is 0.0917. The first-order chi connectivity index (χ1) is 9.26. The lowest BCUT2D eigenvalue weighted by atomic mass is 9.84. The number of hydrogen-bond acceptors (Lipinski definition) is 4. The van der Waals surface area contributed by atoms with Gasteiger partial charge in [-0.05, 0) is 30.2 Å². The molecule has 0 bridgehead atoms. The number of rotatable bonds is 5. The number of ether oxygens (including phenoxy) is 1. The molecule has 1 heterocycles. The van der Waals surface area contributed by atoms with Crippen LogP contribution in [0.2, 0.25) is 0 Å². The molecule has 114 valence electrons. The molecule has 0 aromatic carbocycles. The van der Waals surface area contributed by atoms with Crippen LogP contribution in [-0.4, -0.2) is 25.6 Å². The maximum Gasteiger partial charge on any atom is 0.265 e. The van der Waals surface area contributed by atoms with Crippen LogP contribution < -0.4 is 15.8 Å². The van der Waals surface area contributed by atoms with E-state index in [-0.39, 0.29) is 24.4 Å². The van der Waals surface area contributed by atoms with Gasteiger partial charge in [-0.2, -0.15) is 0 Å². The first kappa shape index (κ1) is 17.3. The molecular weight excluding hydrogens is 296 g/mol. The van der Waals surface area contributed by atoms with E-state index in [9.17, 15) is 4.79 Å². The van der Waals surface area contributed by atoms with Crippen molar-refractivity contribution in [3.05, 3.63) is 16.3 Å². The first-order valence-corrected chi connectivity index (χ1v) is 7.76. The molecule has 0 saturated heterocycles. The Bertz CT molecular complexity index is 419. The van der Waals surface area contributed by atoms with Gasteiger partial charge in [-0.25, -0.2) is 0 Å². The summed E-state index contributed by atoms with van der Waals surface area (Å²) in [6.07, 6.45) is 6.15. The molecule has 1 aliphatic carbocycles. The average Bonchev–Trinajstić information content (AvgIpc) is 2.94. The van der Waals surface area contributed by atoms with Crippen molar-refractivity contribution < 1.29 is 9.53 Å². The van der Waals surface area contributed by atoms with Gasteiger partial charge >= 0.3 is 0 Å². The largest absolute Gasteiger partial charge is 0.495 e. The van der Waals surface area contributed by atoms with Crippen molar-refractivity contribution in [3.8, 4) is 5.75 Å². The van der Waals surface area contributed by atoms with Gasteiger partial charge in [0, 0.05) is 12.6 Å². The highest BCUT2D eigenvalue weighted by Crippen LogP contribution is 2.28. The Morgan fingerprint density at radius 3 is 2.80 bits per heavy atom. The van der Waals surface area contributed by atoms with Crippen LogP contribution >= 0.6 is 23.7 Å². The summed E-state index contributed by atoms with van der Waals surface area (Å²) in [4.78, 5) is 12.9. The van der Waals surface area contributed by atoms with Gasteiger partial charge in [-0.3, -0.25) is 4.79 Å². The maximum absolute atomic E-state index is 12.3. The van der Waals surface area contributed by atoms with Crippen molar-refractivity contribution in [2.24, 2.45) is 11.7 Å². The van der Waals surface area contributed by atoms with Gasteiger partial charge < -0.3 is 15.8 Å². The Kier molecular flexibility index (Phi) is 7.34. The molecule has 2 rings (SSSR count). The maximum atomic E-state index is 12.3. The number of nitrogens with one attached hydrogen (secondary N) is 1. The smallest absolute Gasteiger partial charge is 0.265 e. The molecule has 0 aliphatic heterocycles. The number of halogens is 1. The van der Waals surface area contributed by atoms with Gasteiger partial charge in [0.2, 0.25) is 0 Å². The van der Waals surface area contributed by atoms with Gasteiger partial charge in [-0.15, -0.1) is 23.7 Å². The fraction of sp³-hybridized carbons (Fsp3) is 0.643. The van der Waals surface area contributed by atoms with Crippen molar-refractivity contribution >= 4 is 29.7 Å². The van der Waals surface area contributed by atoms with Crippen LogP contribution in [0.1, 0.15) is 41.8 Å². The lowest BCUT2D eigenvalue weighted by Crippen LogP contribution is -2.45. The van der Waals surface area contributed by atoms with Crippen molar-refractivity contribution in [3.63, 3.8) is 0 Å². The van der Waals surface area contributed by atoms with E-state index in [4.69, 9.17) is 10.5 Å². The number of carbonyl (C=O) groups excluding carboxylic acids is 1. The van der Waals surface area contributed by atoms with Crippen LogP contribution in [-0.2, 0) is 0 Å². The van der Waals surface area contributed by atoms with Gasteiger partial charge in [-0.1, -0.05) is 19.3 Å². The summed E-state index contributed by atoms with van der Waals surface area (Å²) in [6.45, 7) is 0.504. The second kappa shape index (κ2) is 8.49. The van der Waals surface area contributed by atoms with E-state index >= 15 is 0 Å². The van der Waals surface area contributed by atoms with Crippen molar-refractivity contribution in [2.75, 3.05) is 13.7 Å². The lowest BCUT2D eigenvalue weighted by Gasteiger charge is -2.30. The molecule has 4 nitrogen and oxygen atoms in total. The normalized spacial score (nSPS) is 17.1. The van der Waals surface area contributed by atoms with E-state index in [1.165, 1.54) is 43.4 Å². The number of methoxy groups -OCH3 is 1. The number of amides is 1. The summed E-state index contributed by atoms with van der Waals surface area (Å²) in [7, 11) is 1.58. The summed E-state index contributed by atoms with van der Waals surface area (Å²) in [5, 5.41) is 4.95. The van der Waals surface area contributed by atoms with Crippen LogP contribution in [0.5, 0.6) is 5.75 Å². The Morgan fingerprint density at radius 1 is 1.50 bits per heavy atom. The molecule has 20 heavy (non-hydrogen) atoms. The first-order valence-electron chi connectivity index (χ1n) is 6.88. The van der Waals surface area contributed by atoms with Gasteiger partial charge in [0.1, 0.15) is 10.6 Å². The fourth-order valence-electron chi connectivity index (χ4n) is 2.76. The molecule has 1 aromatic heterocycles. The quantitative estimate of drug-likeness (QED) is 0.877. The van der Waals surface area contributed by atoms with E-state index in [0.29, 0.717) is 23.1 Å². The van der Waals surface area contributed by atoms with Crippen LogP contribution in [0.25, 0.3) is 0 Å². The third kappa shape index (κ3) is 4.11. The van der Waals surface area contributed by atoms with Crippen LogP contribution in [0.4, 0.5) is 0 Å². The SMILES string of the molecule is COc1ccsc1C(=O)NC(CN)C1CCCCC1.Cl. The van der Waals surface area contributed by atoms with E-state index in [1.807, 2.05) is 11.4 Å². The highest BCUT2D eigenvalue weighted by Gasteiger charge is 2.25. The number of nitrogens with two attached hydrogens (primary N) is 1. The molecule has 0 radical (unpaired) electrons. The van der Waals surface area contributed by atoms with E-state index in [2.05, 4.69) is 5.32 Å². The topological polar surface area (TPSA) is 64.3 Å². The Hall–Kier alpha value is -0.780. The zero-order valence-electron chi connectivity index (χ0n) is 11.8. The van der Waals surface area contributed by atoms with Crippen LogP contribution in [0.3, 0.4) is 0 Å². The van der Waals surface area contributed by atoms with Crippen molar-refractivity contribution in [2.45, 2.75) is 38.1 Å². The zero-order chi connectivity index (χ0) is 13.7. The second-order valence-electron chi connectivity index (χ2n) is 5.03. The van der Waals surface area contributed by atoms with Crippen molar-refractivity contribution in [1.29, 1.82) is 0 Å². The summed E-state index contributed by atoms with van der Waals surface area (Å²) < 4.78 is 5.19.